The van der Waals surface area contributed by atoms with Gasteiger partial charge < -0.3 is 14.8 Å². The number of allylic oxidation sites excluding steroid dienone is 2. The minimum Gasteiger partial charge on any atom is -0.465 e. The van der Waals surface area contributed by atoms with Gasteiger partial charge in [-0.3, -0.25) is 4.79 Å². The molecule has 6 nitrogen and oxygen atoms in total. The molecule has 1 aromatic rings. The molecule has 0 bridgehead atoms. The van der Waals surface area contributed by atoms with E-state index in [-0.39, 0.29) is 18.3 Å². The first kappa shape index (κ1) is 20.8. The van der Waals surface area contributed by atoms with Crippen molar-refractivity contribution < 1.29 is 19.1 Å². The number of thioether (sulfide) groups is 1. The van der Waals surface area contributed by atoms with E-state index in [1.807, 2.05) is 17.5 Å². The summed E-state index contributed by atoms with van der Waals surface area (Å²) in [5, 5.41) is 15.3. The third-order valence-electron chi connectivity index (χ3n) is 3.67. The summed E-state index contributed by atoms with van der Waals surface area (Å²) in [5.74, 6) is -1.33. The Kier molecular flexibility index (Phi) is 7.70. The largest absolute Gasteiger partial charge is 0.465 e. The fourth-order valence-corrected chi connectivity index (χ4v) is 4.32. The van der Waals surface area contributed by atoms with Crippen molar-refractivity contribution >= 4 is 35.0 Å². The first-order chi connectivity index (χ1) is 13.0. The lowest BCUT2D eigenvalue weighted by Gasteiger charge is -2.28. The summed E-state index contributed by atoms with van der Waals surface area (Å²) in [6.45, 7) is 7.43. The maximum absolute atomic E-state index is 12.6. The minimum atomic E-state index is -0.543. The SMILES string of the molecule is C=CCOC(=O)C1=C(C)NC(SCC(=O)OCC)=C(C#N)[C@H]1c1cccs1. The maximum Gasteiger partial charge on any atom is 0.337 e. The molecule has 0 saturated heterocycles. The third-order valence-corrected chi connectivity index (χ3v) is 5.59. The Morgan fingerprint density at radius 2 is 2.26 bits per heavy atom. The van der Waals surface area contributed by atoms with Gasteiger partial charge in [-0.2, -0.15) is 5.26 Å². The number of carbonyl (C=O) groups excluding carboxylic acids is 2. The zero-order valence-corrected chi connectivity index (χ0v) is 16.7. The minimum absolute atomic E-state index is 0.0715. The second-order valence-electron chi connectivity index (χ2n) is 5.45. The van der Waals surface area contributed by atoms with Crippen LogP contribution in [0.25, 0.3) is 0 Å². The molecule has 1 N–H and O–H groups in total. The van der Waals surface area contributed by atoms with E-state index in [4.69, 9.17) is 9.47 Å². The number of dihydropyridines is 1. The monoisotopic (exact) mass is 404 g/mol. The molecule has 142 valence electrons. The van der Waals surface area contributed by atoms with Crippen LogP contribution in [-0.4, -0.2) is 30.9 Å². The van der Waals surface area contributed by atoms with E-state index < -0.39 is 11.9 Å². The summed E-state index contributed by atoms with van der Waals surface area (Å²) in [5.41, 5.74) is 1.35. The predicted octanol–water partition coefficient (Wildman–Crippen LogP) is 3.47. The standard InChI is InChI=1S/C19H20N2O4S2/c1-4-8-25-19(23)16-12(3)21-18(27-11-15(22)24-5-2)13(10-20)17(16)14-7-6-9-26-14/h4,6-7,9,17,21H,1,5,8,11H2,2-3H3/t17-/m0/s1. The highest BCUT2D eigenvalue weighted by atomic mass is 32.2. The van der Waals surface area contributed by atoms with E-state index in [0.29, 0.717) is 28.5 Å². The fraction of sp³-hybridized carbons (Fsp3) is 0.316. The number of hydrogen-bond acceptors (Lipinski definition) is 8. The molecular weight excluding hydrogens is 384 g/mol. The van der Waals surface area contributed by atoms with Crippen LogP contribution >= 0.6 is 23.1 Å². The number of carbonyl (C=O) groups is 2. The molecule has 0 aliphatic carbocycles. The molecule has 0 saturated carbocycles. The van der Waals surface area contributed by atoms with Crippen LogP contribution in [0.2, 0.25) is 0 Å². The van der Waals surface area contributed by atoms with Gasteiger partial charge in [-0.05, 0) is 25.3 Å². The van der Waals surface area contributed by atoms with Crippen molar-refractivity contribution in [1.29, 1.82) is 5.26 Å². The lowest BCUT2D eigenvalue weighted by Crippen LogP contribution is -2.29. The molecule has 0 spiro atoms. The van der Waals surface area contributed by atoms with Gasteiger partial charge in [0.2, 0.25) is 0 Å². The Hall–Kier alpha value is -2.50. The normalized spacial score (nSPS) is 16.4. The third kappa shape index (κ3) is 5.02. The number of hydrogen-bond donors (Lipinski definition) is 1. The molecule has 1 aromatic heterocycles. The smallest absolute Gasteiger partial charge is 0.337 e. The number of ether oxygens (including phenoxy) is 2. The highest BCUT2D eigenvalue weighted by Gasteiger charge is 2.36. The van der Waals surface area contributed by atoms with Crippen LogP contribution in [0, 0.1) is 11.3 Å². The Labute approximate surface area is 166 Å². The summed E-state index contributed by atoms with van der Waals surface area (Å²) in [6, 6.07) is 5.94. The Morgan fingerprint density at radius 1 is 1.48 bits per heavy atom. The molecule has 0 amide bonds. The van der Waals surface area contributed by atoms with E-state index >= 15 is 0 Å². The van der Waals surface area contributed by atoms with Gasteiger partial charge in [-0.1, -0.05) is 30.5 Å². The highest BCUT2D eigenvalue weighted by Crippen LogP contribution is 2.42. The molecule has 1 aliphatic rings. The number of nitrogens with one attached hydrogen (secondary N) is 1. The summed E-state index contributed by atoms with van der Waals surface area (Å²) < 4.78 is 10.2. The zero-order valence-electron chi connectivity index (χ0n) is 15.1. The average molecular weight is 405 g/mol. The van der Waals surface area contributed by atoms with Crippen LogP contribution in [0.5, 0.6) is 0 Å². The molecule has 2 heterocycles. The van der Waals surface area contributed by atoms with Crippen LogP contribution < -0.4 is 5.32 Å². The topological polar surface area (TPSA) is 88.4 Å². The lowest BCUT2D eigenvalue weighted by atomic mass is 9.87. The van der Waals surface area contributed by atoms with Crippen LogP contribution in [0.1, 0.15) is 24.6 Å². The van der Waals surface area contributed by atoms with Crippen molar-refractivity contribution in [1.82, 2.24) is 5.32 Å². The van der Waals surface area contributed by atoms with Gasteiger partial charge in [0.1, 0.15) is 6.61 Å². The molecule has 0 fully saturated rings. The Bertz CT molecular complexity index is 819. The van der Waals surface area contributed by atoms with Crippen LogP contribution in [0.15, 0.2) is 52.0 Å². The van der Waals surface area contributed by atoms with Crippen molar-refractivity contribution in [3.63, 3.8) is 0 Å². The van der Waals surface area contributed by atoms with Gasteiger partial charge in [0, 0.05) is 10.6 Å². The summed E-state index contributed by atoms with van der Waals surface area (Å²) in [4.78, 5) is 25.2. The van der Waals surface area contributed by atoms with Crippen LogP contribution in [0.3, 0.4) is 0 Å². The van der Waals surface area contributed by atoms with Crippen LogP contribution in [0.4, 0.5) is 0 Å². The first-order valence-electron chi connectivity index (χ1n) is 8.25. The van der Waals surface area contributed by atoms with Gasteiger partial charge >= 0.3 is 11.9 Å². The number of esters is 2. The van der Waals surface area contributed by atoms with E-state index in [0.717, 1.165) is 4.88 Å². The van der Waals surface area contributed by atoms with E-state index in [1.165, 1.54) is 29.2 Å². The molecule has 1 atom stereocenters. The van der Waals surface area contributed by atoms with Gasteiger partial charge in [0.25, 0.3) is 0 Å². The van der Waals surface area contributed by atoms with Crippen molar-refractivity contribution in [2.45, 2.75) is 19.8 Å². The van der Waals surface area contributed by atoms with Crippen molar-refractivity contribution in [3.05, 3.63) is 56.9 Å². The average Bonchev–Trinajstić information content (AvgIpc) is 3.18. The number of rotatable bonds is 8. The second-order valence-corrected chi connectivity index (χ2v) is 7.41. The lowest BCUT2D eigenvalue weighted by molar-refractivity contribution is -0.140. The molecular formula is C19H20N2O4S2. The Balaban J connectivity index is 2.40. The van der Waals surface area contributed by atoms with Gasteiger partial charge in [-0.25, -0.2) is 4.79 Å². The van der Waals surface area contributed by atoms with E-state index in [1.54, 1.807) is 13.8 Å². The van der Waals surface area contributed by atoms with Gasteiger partial charge in [0.15, 0.2) is 0 Å². The van der Waals surface area contributed by atoms with E-state index in [9.17, 15) is 14.9 Å². The molecule has 0 unspecified atom stereocenters. The zero-order chi connectivity index (χ0) is 19.8. The fourth-order valence-electron chi connectivity index (χ4n) is 2.58. The number of thiophene rings is 1. The molecule has 1 aliphatic heterocycles. The van der Waals surface area contributed by atoms with Crippen molar-refractivity contribution in [2.24, 2.45) is 0 Å². The van der Waals surface area contributed by atoms with Crippen LogP contribution in [-0.2, 0) is 19.1 Å². The molecule has 27 heavy (non-hydrogen) atoms. The number of nitriles is 1. The van der Waals surface area contributed by atoms with E-state index in [2.05, 4.69) is 18.0 Å². The quantitative estimate of drug-likeness (QED) is 0.524. The highest BCUT2D eigenvalue weighted by molar-refractivity contribution is 8.03. The van der Waals surface area contributed by atoms with Crippen molar-refractivity contribution in [2.75, 3.05) is 19.0 Å². The number of nitrogens with zero attached hydrogens (tertiary/aromatic N) is 1. The van der Waals surface area contributed by atoms with Gasteiger partial charge in [0.05, 0.1) is 40.5 Å². The molecule has 0 radical (unpaired) electrons. The molecule has 2 rings (SSSR count). The van der Waals surface area contributed by atoms with Crippen molar-refractivity contribution in [3.8, 4) is 6.07 Å². The molecule has 8 heteroatoms. The van der Waals surface area contributed by atoms with Gasteiger partial charge in [-0.15, -0.1) is 11.3 Å². The predicted molar refractivity (Wildman–Crippen MR) is 106 cm³/mol. The summed E-state index contributed by atoms with van der Waals surface area (Å²) in [7, 11) is 0. The Morgan fingerprint density at radius 3 is 2.85 bits per heavy atom. The summed E-state index contributed by atoms with van der Waals surface area (Å²) in [6.07, 6.45) is 1.49. The second kappa shape index (κ2) is 10.00. The summed E-state index contributed by atoms with van der Waals surface area (Å²) >= 11 is 2.64. The maximum atomic E-state index is 12.6. The first-order valence-corrected chi connectivity index (χ1v) is 10.1. The molecule has 0 aromatic carbocycles.